The van der Waals surface area contributed by atoms with Crippen LogP contribution in [-0.2, 0) is 18.4 Å². The van der Waals surface area contributed by atoms with E-state index in [9.17, 15) is 0 Å². The minimum atomic E-state index is 0.151. The third-order valence-corrected chi connectivity index (χ3v) is 6.39. The lowest BCUT2D eigenvalue weighted by atomic mass is 9.69. The fraction of sp³-hybridized carbons (Fsp3) is 0.824. The number of nitrogens with one attached hydrogen (secondary N) is 1. The summed E-state index contributed by atoms with van der Waals surface area (Å²) in [5.41, 5.74) is 2.06. The summed E-state index contributed by atoms with van der Waals surface area (Å²) in [6.45, 7) is 9.36. The SMILES string of the molecule is CC(C)NC1(c2nc3c(s2)CCC3)CCC(C)(C)CC1. The molecule has 0 amide bonds. The Labute approximate surface area is 127 Å². The minimum absolute atomic E-state index is 0.151. The van der Waals surface area contributed by atoms with E-state index in [1.54, 1.807) is 4.88 Å². The molecule has 2 nitrogen and oxygen atoms in total. The number of aryl methyl sites for hydroxylation is 2. The number of hydrogen-bond acceptors (Lipinski definition) is 3. The summed E-state index contributed by atoms with van der Waals surface area (Å²) in [5.74, 6) is 0. The van der Waals surface area contributed by atoms with Gasteiger partial charge in [-0.3, -0.25) is 0 Å². The lowest BCUT2D eigenvalue weighted by Gasteiger charge is -2.44. The quantitative estimate of drug-likeness (QED) is 0.891. The lowest BCUT2D eigenvalue weighted by Crippen LogP contribution is -2.49. The number of aromatic nitrogens is 1. The molecule has 1 aromatic heterocycles. The second kappa shape index (κ2) is 5.10. The van der Waals surface area contributed by atoms with Crippen LogP contribution >= 0.6 is 11.3 Å². The van der Waals surface area contributed by atoms with Gasteiger partial charge in [0.05, 0.1) is 11.2 Å². The third-order valence-electron chi connectivity index (χ3n) is 5.03. The van der Waals surface area contributed by atoms with Crippen molar-refractivity contribution in [2.45, 2.75) is 84.2 Å². The Hall–Kier alpha value is -0.410. The van der Waals surface area contributed by atoms with E-state index in [2.05, 4.69) is 33.0 Å². The standard InChI is InChI=1S/C17H28N2S/c1-12(2)19-17(10-8-16(3,4)9-11-17)15-18-13-6-5-7-14(13)20-15/h12,19H,5-11H2,1-4H3. The normalized spacial score (nSPS) is 24.1. The third kappa shape index (κ3) is 2.67. The molecule has 2 aliphatic rings. The predicted molar refractivity (Wildman–Crippen MR) is 86.3 cm³/mol. The molecule has 0 atom stereocenters. The first-order chi connectivity index (χ1) is 9.40. The molecule has 0 spiro atoms. The van der Waals surface area contributed by atoms with Crippen molar-refractivity contribution in [2.24, 2.45) is 5.41 Å². The summed E-state index contributed by atoms with van der Waals surface area (Å²) in [7, 11) is 0. The molecular formula is C17H28N2S. The van der Waals surface area contributed by atoms with E-state index in [0.29, 0.717) is 11.5 Å². The molecule has 112 valence electrons. The fourth-order valence-corrected chi connectivity index (χ4v) is 5.08. The first-order valence-electron chi connectivity index (χ1n) is 8.17. The molecule has 1 heterocycles. The van der Waals surface area contributed by atoms with E-state index in [1.165, 1.54) is 55.6 Å². The monoisotopic (exact) mass is 292 g/mol. The number of fused-ring (bicyclic) bond motifs is 1. The van der Waals surface area contributed by atoms with Crippen molar-refractivity contribution in [3.63, 3.8) is 0 Å². The Bertz CT molecular complexity index is 456. The highest BCUT2D eigenvalue weighted by Crippen LogP contribution is 2.47. The first kappa shape index (κ1) is 14.5. The van der Waals surface area contributed by atoms with Gasteiger partial charge < -0.3 is 5.32 Å². The second-order valence-corrected chi connectivity index (χ2v) is 8.87. The van der Waals surface area contributed by atoms with Crippen LogP contribution in [-0.4, -0.2) is 11.0 Å². The topological polar surface area (TPSA) is 24.9 Å². The van der Waals surface area contributed by atoms with Crippen molar-refractivity contribution in [3.8, 4) is 0 Å². The van der Waals surface area contributed by atoms with Crippen LogP contribution < -0.4 is 5.32 Å². The molecule has 0 unspecified atom stereocenters. The summed E-state index contributed by atoms with van der Waals surface area (Å²) in [4.78, 5) is 6.61. The van der Waals surface area contributed by atoms with Crippen molar-refractivity contribution in [1.29, 1.82) is 0 Å². The average molecular weight is 292 g/mol. The summed E-state index contributed by atoms with van der Waals surface area (Å²) < 4.78 is 0. The summed E-state index contributed by atoms with van der Waals surface area (Å²) >= 11 is 2.00. The van der Waals surface area contributed by atoms with E-state index < -0.39 is 0 Å². The summed E-state index contributed by atoms with van der Waals surface area (Å²) in [6, 6.07) is 0.523. The van der Waals surface area contributed by atoms with Crippen LogP contribution in [0.15, 0.2) is 0 Å². The zero-order valence-corrected chi connectivity index (χ0v) is 14.2. The molecule has 3 rings (SSSR count). The molecule has 3 heteroatoms. The Morgan fingerprint density at radius 1 is 1.10 bits per heavy atom. The molecule has 0 saturated heterocycles. The van der Waals surface area contributed by atoms with Gasteiger partial charge in [0.2, 0.25) is 0 Å². The van der Waals surface area contributed by atoms with Crippen LogP contribution in [0.4, 0.5) is 0 Å². The van der Waals surface area contributed by atoms with E-state index in [1.807, 2.05) is 11.3 Å². The van der Waals surface area contributed by atoms with Crippen LogP contribution in [0.3, 0.4) is 0 Å². The molecule has 0 aliphatic heterocycles. The molecule has 1 fully saturated rings. The Morgan fingerprint density at radius 3 is 2.40 bits per heavy atom. The maximum atomic E-state index is 5.04. The predicted octanol–water partition coefficient (Wildman–Crippen LogP) is 4.43. The van der Waals surface area contributed by atoms with Crippen LogP contribution in [0, 0.1) is 5.41 Å². The van der Waals surface area contributed by atoms with E-state index in [0.717, 1.165) is 0 Å². The number of nitrogens with zero attached hydrogens (tertiary/aromatic N) is 1. The maximum Gasteiger partial charge on any atom is 0.113 e. The van der Waals surface area contributed by atoms with Crippen LogP contribution in [0.2, 0.25) is 0 Å². The zero-order chi connectivity index (χ0) is 14.4. The Balaban J connectivity index is 1.89. The van der Waals surface area contributed by atoms with Crippen LogP contribution in [0.1, 0.15) is 75.4 Å². The van der Waals surface area contributed by atoms with Gasteiger partial charge in [0, 0.05) is 10.9 Å². The smallest absolute Gasteiger partial charge is 0.113 e. The van der Waals surface area contributed by atoms with Crippen LogP contribution in [0.5, 0.6) is 0 Å². The van der Waals surface area contributed by atoms with E-state index in [4.69, 9.17) is 4.98 Å². The van der Waals surface area contributed by atoms with Crippen molar-refractivity contribution in [3.05, 3.63) is 15.6 Å². The molecule has 2 aliphatic carbocycles. The number of rotatable bonds is 3. The second-order valence-electron chi connectivity index (χ2n) is 7.79. The summed E-state index contributed by atoms with van der Waals surface area (Å²) in [6.07, 6.45) is 8.86. The van der Waals surface area contributed by atoms with Crippen molar-refractivity contribution < 1.29 is 0 Å². The van der Waals surface area contributed by atoms with Gasteiger partial charge in [-0.1, -0.05) is 13.8 Å². The first-order valence-corrected chi connectivity index (χ1v) is 8.99. The lowest BCUT2D eigenvalue weighted by molar-refractivity contribution is 0.126. The average Bonchev–Trinajstić information content (AvgIpc) is 2.92. The zero-order valence-electron chi connectivity index (χ0n) is 13.4. The molecule has 1 aromatic rings. The molecule has 1 saturated carbocycles. The number of thiazole rings is 1. The van der Waals surface area contributed by atoms with Gasteiger partial charge in [-0.15, -0.1) is 11.3 Å². The van der Waals surface area contributed by atoms with Crippen molar-refractivity contribution >= 4 is 11.3 Å². The molecule has 20 heavy (non-hydrogen) atoms. The fourth-order valence-electron chi connectivity index (χ4n) is 3.72. The highest BCUT2D eigenvalue weighted by Gasteiger charge is 2.42. The highest BCUT2D eigenvalue weighted by atomic mass is 32.1. The van der Waals surface area contributed by atoms with Gasteiger partial charge in [0.25, 0.3) is 0 Å². The van der Waals surface area contributed by atoms with Crippen molar-refractivity contribution in [1.82, 2.24) is 10.3 Å². The van der Waals surface area contributed by atoms with Gasteiger partial charge in [-0.05, 0) is 64.2 Å². The van der Waals surface area contributed by atoms with Crippen molar-refractivity contribution in [2.75, 3.05) is 0 Å². The Morgan fingerprint density at radius 2 is 1.80 bits per heavy atom. The summed E-state index contributed by atoms with van der Waals surface area (Å²) in [5, 5.41) is 5.27. The van der Waals surface area contributed by atoms with E-state index in [-0.39, 0.29) is 5.54 Å². The van der Waals surface area contributed by atoms with Gasteiger partial charge in [-0.25, -0.2) is 4.98 Å². The molecule has 0 bridgehead atoms. The maximum absolute atomic E-state index is 5.04. The van der Waals surface area contributed by atoms with Crippen LogP contribution in [0.25, 0.3) is 0 Å². The molecule has 0 aromatic carbocycles. The Kier molecular flexibility index (Phi) is 3.70. The van der Waals surface area contributed by atoms with Gasteiger partial charge in [0.1, 0.15) is 5.01 Å². The molecule has 0 radical (unpaired) electrons. The minimum Gasteiger partial charge on any atom is -0.303 e. The van der Waals surface area contributed by atoms with Gasteiger partial charge in [-0.2, -0.15) is 0 Å². The van der Waals surface area contributed by atoms with Gasteiger partial charge >= 0.3 is 0 Å². The van der Waals surface area contributed by atoms with Gasteiger partial charge in [0.15, 0.2) is 0 Å². The van der Waals surface area contributed by atoms with E-state index >= 15 is 0 Å². The molecular weight excluding hydrogens is 264 g/mol. The number of hydrogen-bond donors (Lipinski definition) is 1. The highest BCUT2D eigenvalue weighted by molar-refractivity contribution is 7.12. The largest absolute Gasteiger partial charge is 0.303 e. The molecule has 1 N–H and O–H groups in total.